The van der Waals surface area contributed by atoms with Gasteiger partial charge < -0.3 is 5.73 Å². The highest BCUT2D eigenvalue weighted by molar-refractivity contribution is 5.29. The SMILES string of the molecule is Cc1cc(C)cc(CC(N)Cc2cccc(F)c2)c1. The van der Waals surface area contributed by atoms with Crippen LogP contribution in [0.15, 0.2) is 42.5 Å². The summed E-state index contributed by atoms with van der Waals surface area (Å²) in [7, 11) is 0. The van der Waals surface area contributed by atoms with Crippen LogP contribution in [0.1, 0.15) is 22.3 Å². The highest BCUT2D eigenvalue weighted by Crippen LogP contribution is 2.13. The quantitative estimate of drug-likeness (QED) is 0.890. The molecule has 2 N–H and O–H groups in total. The summed E-state index contributed by atoms with van der Waals surface area (Å²) in [6, 6.07) is 13.2. The minimum atomic E-state index is -0.198. The summed E-state index contributed by atoms with van der Waals surface area (Å²) in [5.74, 6) is -0.198. The van der Waals surface area contributed by atoms with Gasteiger partial charge in [0, 0.05) is 6.04 Å². The molecule has 0 aliphatic carbocycles. The number of hydrogen-bond donors (Lipinski definition) is 1. The molecule has 0 saturated heterocycles. The van der Waals surface area contributed by atoms with Crippen molar-refractivity contribution in [3.8, 4) is 0 Å². The molecular formula is C17H20FN. The standard InChI is InChI=1S/C17H20FN/c1-12-6-13(2)8-15(7-12)11-17(19)10-14-4-3-5-16(18)9-14/h3-9,17H,10-11,19H2,1-2H3. The second kappa shape index (κ2) is 5.98. The maximum Gasteiger partial charge on any atom is 0.123 e. The third-order valence-corrected chi connectivity index (χ3v) is 3.17. The van der Waals surface area contributed by atoms with Gasteiger partial charge in [-0.05, 0) is 49.9 Å². The first kappa shape index (κ1) is 13.8. The van der Waals surface area contributed by atoms with Gasteiger partial charge in [-0.15, -0.1) is 0 Å². The van der Waals surface area contributed by atoms with Crippen molar-refractivity contribution in [3.63, 3.8) is 0 Å². The third-order valence-electron chi connectivity index (χ3n) is 3.17. The van der Waals surface area contributed by atoms with E-state index in [4.69, 9.17) is 5.73 Å². The minimum Gasteiger partial charge on any atom is -0.327 e. The average molecular weight is 257 g/mol. The molecule has 1 atom stereocenters. The number of halogens is 1. The summed E-state index contributed by atoms with van der Waals surface area (Å²) in [5, 5.41) is 0. The number of rotatable bonds is 4. The molecule has 0 radical (unpaired) electrons. The number of nitrogens with two attached hydrogens (primary N) is 1. The van der Waals surface area contributed by atoms with Gasteiger partial charge in [0.25, 0.3) is 0 Å². The molecule has 2 aromatic carbocycles. The van der Waals surface area contributed by atoms with E-state index < -0.39 is 0 Å². The van der Waals surface area contributed by atoms with Crippen molar-refractivity contribution >= 4 is 0 Å². The molecule has 1 unspecified atom stereocenters. The Bertz CT molecular complexity index is 543. The van der Waals surface area contributed by atoms with E-state index in [1.54, 1.807) is 12.1 Å². The molecule has 0 heterocycles. The molecule has 100 valence electrons. The lowest BCUT2D eigenvalue weighted by Gasteiger charge is -2.13. The van der Waals surface area contributed by atoms with Crippen LogP contribution in [0.25, 0.3) is 0 Å². The molecule has 0 bridgehead atoms. The van der Waals surface area contributed by atoms with Crippen LogP contribution in [0.4, 0.5) is 4.39 Å². The highest BCUT2D eigenvalue weighted by atomic mass is 19.1. The molecule has 0 spiro atoms. The van der Waals surface area contributed by atoms with Gasteiger partial charge in [-0.25, -0.2) is 4.39 Å². The summed E-state index contributed by atoms with van der Waals surface area (Å²) in [6.45, 7) is 4.18. The van der Waals surface area contributed by atoms with Gasteiger partial charge in [0.15, 0.2) is 0 Å². The predicted octanol–water partition coefficient (Wildman–Crippen LogP) is 3.56. The molecule has 1 nitrogen and oxygen atoms in total. The van der Waals surface area contributed by atoms with Crippen LogP contribution < -0.4 is 5.73 Å². The predicted molar refractivity (Wildman–Crippen MR) is 77.7 cm³/mol. The smallest absolute Gasteiger partial charge is 0.123 e. The van der Waals surface area contributed by atoms with Crippen LogP contribution in [0.3, 0.4) is 0 Å². The summed E-state index contributed by atoms with van der Waals surface area (Å²) in [5.41, 5.74) is 10.9. The molecular weight excluding hydrogens is 237 g/mol. The Balaban J connectivity index is 2.03. The zero-order valence-electron chi connectivity index (χ0n) is 11.5. The summed E-state index contributed by atoms with van der Waals surface area (Å²) < 4.78 is 13.1. The van der Waals surface area contributed by atoms with Crippen LogP contribution in [-0.4, -0.2) is 6.04 Å². The fraction of sp³-hybridized carbons (Fsp3) is 0.294. The normalized spacial score (nSPS) is 12.4. The summed E-state index contributed by atoms with van der Waals surface area (Å²) in [6.07, 6.45) is 1.52. The average Bonchev–Trinajstić information content (AvgIpc) is 2.26. The Labute approximate surface area is 114 Å². The van der Waals surface area contributed by atoms with Crippen molar-refractivity contribution in [2.75, 3.05) is 0 Å². The fourth-order valence-electron chi connectivity index (χ4n) is 2.53. The van der Waals surface area contributed by atoms with Crippen molar-refractivity contribution in [2.24, 2.45) is 5.73 Å². The van der Waals surface area contributed by atoms with E-state index in [1.807, 2.05) is 6.07 Å². The zero-order valence-corrected chi connectivity index (χ0v) is 11.5. The topological polar surface area (TPSA) is 26.0 Å². The van der Waals surface area contributed by atoms with Gasteiger partial charge in [0.1, 0.15) is 5.82 Å². The minimum absolute atomic E-state index is 0.0167. The Morgan fingerprint density at radius 2 is 1.58 bits per heavy atom. The molecule has 0 aliphatic rings. The van der Waals surface area contributed by atoms with Crippen molar-refractivity contribution in [1.29, 1.82) is 0 Å². The lowest BCUT2D eigenvalue weighted by Crippen LogP contribution is -2.25. The molecule has 0 aliphatic heterocycles. The molecule has 0 fully saturated rings. The van der Waals surface area contributed by atoms with Gasteiger partial charge in [0.2, 0.25) is 0 Å². The first-order chi connectivity index (χ1) is 9.02. The molecule has 2 heteroatoms. The van der Waals surface area contributed by atoms with E-state index in [9.17, 15) is 4.39 Å². The Morgan fingerprint density at radius 1 is 0.947 bits per heavy atom. The van der Waals surface area contributed by atoms with Crippen LogP contribution in [-0.2, 0) is 12.8 Å². The third kappa shape index (κ3) is 4.18. The molecule has 0 aromatic heterocycles. The molecule has 2 aromatic rings. The van der Waals surface area contributed by atoms with Gasteiger partial charge >= 0.3 is 0 Å². The van der Waals surface area contributed by atoms with Crippen LogP contribution in [0.5, 0.6) is 0 Å². The first-order valence-electron chi connectivity index (χ1n) is 6.60. The lowest BCUT2D eigenvalue weighted by atomic mass is 9.97. The second-order valence-corrected chi connectivity index (χ2v) is 5.29. The lowest BCUT2D eigenvalue weighted by molar-refractivity contribution is 0.618. The van der Waals surface area contributed by atoms with Gasteiger partial charge in [0.05, 0.1) is 0 Å². The van der Waals surface area contributed by atoms with E-state index in [1.165, 1.54) is 22.8 Å². The van der Waals surface area contributed by atoms with Crippen LogP contribution >= 0.6 is 0 Å². The molecule has 0 amide bonds. The fourth-order valence-corrected chi connectivity index (χ4v) is 2.53. The van der Waals surface area contributed by atoms with Crippen molar-refractivity contribution in [2.45, 2.75) is 32.7 Å². The van der Waals surface area contributed by atoms with E-state index in [0.29, 0.717) is 6.42 Å². The summed E-state index contributed by atoms with van der Waals surface area (Å²) in [4.78, 5) is 0. The Hall–Kier alpha value is -1.67. The second-order valence-electron chi connectivity index (χ2n) is 5.29. The zero-order chi connectivity index (χ0) is 13.8. The first-order valence-corrected chi connectivity index (χ1v) is 6.60. The number of benzene rings is 2. The van der Waals surface area contributed by atoms with Crippen molar-refractivity contribution in [3.05, 3.63) is 70.5 Å². The van der Waals surface area contributed by atoms with Crippen LogP contribution in [0.2, 0.25) is 0 Å². The van der Waals surface area contributed by atoms with E-state index >= 15 is 0 Å². The molecule has 2 rings (SSSR count). The van der Waals surface area contributed by atoms with E-state index in [0.717, 1.165) is 12.0 Å². The number of hydrogen-bond acceptors (Lipinski definition) is 1. The maximum atomic E-state index is 13.1. The Kier molecular flexibility index (Phi) is 4.33. The Morgan fingerprint density at radius 3 is 2.21 bits per heavy atom. The van der Waals surface area contributed by atoms with Gasteiger partial charge in [-0.3, -0.25) is 0 Å². The number of aryl methyl sites for hydroxylation is 2. The van der Waals surface area contributed by atoms with E-state index in [-0.39, 0.29) is 11.9 Å². The summed E-state index contributed by atoms with van der Waals surface area (Å²) >= 11 is 0. The monoisotopic (exact) mass is 257 g/mol. The maximum absolute atomic E-state index is 13.1. The van der Waals surface area contributed by atoms with E-state index in [2.05, 4.69) is 32.0 Å². The molecule has 0 saturated carbocycles. The van der Waals surface area contributed by atoms with Crippen LogP contribution in [0, 0.1) is 19.7 Å². The van der Waals surface area contributed by atoms with Gasteiger partial charge in [-0.1, -0.05) is 41.5 Å². The van der Waals surface area contributed by atoms with Crippen molar-refractivity contribution < 1.29 is 4.39 Å². The van der Waals surface area contributed by atoms with Gasteiger partial charge in [-0.2, -0.15) is 0 Å². The highest BCUT2D eigenvalue weighted by Gasteiger charge is 2.07. The van der Waals surface area contributed by atoms with Crippen molar-refractivity contribution in [1.82, 2.24) is 0 Å². The largest absolute Gasteiger partial charge is 0.327 e. The molecule has 19 heavy (non-hydrogen) atoms.